The summed E-state index contributed by atoms with van der Waals surface area (Å²) in [4.78, 5) is 11.9. The number of nitrogens with zero attached hydrogens (tertiary/aromatic N) is 1. The lowest BCUT2D eigenvalue weighted by atomic mass is 10.2. The van der Waals surface area contributed by atoms with Crippen LogP contribution in [0.4, 0.5) is 5.69 Å². The van der Waals surface area contributed by atoms with Crippen molar-refractivity contribution in [1.82, 2.24) is 9.88 Å². The van der Waals surface area contributed by atoms with Gasteiger partial charge in [0, 0.05) is 25.9 Å². The quantitative estimate of drug-likeness (QED) is 0.688. The van der Waals surface area contributed by atoms with Gasteiger partial charge in [0.25, 0.3) is 5.91 Å². The lowest BCUT2D eigenvalue weighted by molar-refractivity contribution is 0.0933. The number of carbonyl (C=O) groups is 1. The Labute approximate surface area is 102 Å². The minimum atomic E-state index is -0.143. The molecule has 0 fully saturated rings. The zero-order valence-corrected chi connectivity index (χ0v) is 10.4. The van der Waals surface area contributed by atoms with Crippen LogP contribution in [0, 0.1) is 5.92 Å². The molecule has 0 aliphatic rings. The zero-order valence-electron chi connectivity index (χ0n) is 10.4. The topological polar surface area (TPSA) is 80.3 Å². The molecule has 0 saturated heterocycles. The van der Waals surface area contributed by atoms with Crippen LogP contribution in [-0.2, 0) is 6.54 Å². The van der Waals surface area contributed by atoms with Crippen LogP contribution >= 0.6 is 0 Å². The summed E-state index contributed by atoms with van der Waals surface area (Å²) in [5.41, 5.74) is 6.86. The summed E-state index contributed by atoms with van der Waals surface area (Å²) < 4.78 is 1.86. The largest absolute Gasteiger partial charge is 0.397 e. The number of aryl methyl sites for hydroxylation is 1. The summed E-state index contributed by atoms with van der Waals surface area (Å²) in [6, 6.07) is 1.68. The van der Waals surface area contributed by atoms with Crippen molar-refractivity contribution < 1.29 is 9.90 Å². The Balaban J connectivity index is 2.67. The minimum absolute atomic E-state index is 0.0610. The highest BCUT2D eigenvalue weighted by molar-refractivity contribution is 5.93. The maximum absolute atomic E-state index is 11.9. The van der Waals surface area contributed by atoms with Crippen molar-refractivity contribution in [3.63, 3.8) is 0 Å². The van der Waals surface area contributed by atoms with Crippen molar-refractivity contribution in [1.29, 1.82) is 0 Å². The third-order valence-corrected chi connectivity index (χ3v) is 2.54. The molecule has 1 aromatic heterocycles. The standard InChI is InChI=1S/C12H21N3O2/c1-3-4-15-7-10(13)5-11(15)12(17)14-6-9(2)8-16/h5,7,9,16H,3-4,6,8,13H2,1-2H3,(H,14,17). The SMILES string of the molecule is CCCn1cc(N)cc1C(=O)NCC(C)CO. The number of nitrogen functional groups attached to an aromatic ring is 1. The van der Waals surface area contributed by atoms with E-state index in [1.54, 1.807) is 12.3 Å². The van der Waals surface area contributed by atoms with Crippen molar-refractivity contribution in [2.24, 2.45) is 5.92 Å². The normalized spacial score (nSPS) is 12.4. The molecule has 0 aromatic carbocycles. The molecule has 4 N–H and O–H groups in total. The van der Waals surface area contributed by atoms with Crippen LogP contribution in [0.5, 0.6) is 0 Å². The second-order valence-electron chi connectivity index (χ2n) is 4.35. The van der Waals surface area contributed by atoms with Crippen LogP contribution in [0.15, 0.2) is 12.3 Å². The first-order valence-electron chi connectivity index (χ1n) is 5.93. The average Bonchev–Trinajstić information content (AvgIpc) is 2.67. The molecule has 5 nitrogen and oxygen atoms in total. The molecule has 0 aliphatic carbocycles. The summed E-state index contributed by atoms with van der Waals surface area (Å²) in [5.74, 6) is -0.0821. The van der Waals surface area contributed by atoms with Gasteiger partial charge in [-0.3, -0.25) is 4.79 Å². The smallest absolute Gasteiger partial charge is 0.267 e. The van der Waals surface area contributed by atoms with Gasteiger partial charge in [-0.25, -0.2) is 0 Å². The van der Waals surface area contributed by atoms with Crippen molar-refractivity contribution in [2.45, 2.75) is 26.8 Å². The van der Waals surface area contributed by atoms with Crippen molar-refractivity contribution >= 4 is 11.6 Å². The predicted octanol–water partition coefficient (Wildman–Crippen LogP) is 0.839. The number of hydrogen-bond donors (Lipinski definition) is 3. The number of amides is 1. The van der Waals surface area contributed by atoms with E-state index in [1.165, 1.54) is 0 Å². The van der Waals surface area contributed by atoms with Gasteiger partial charge in [0.1, 0.15) is 5.69 Å². The first kappa shape index (κ1) is 13.6. The Morgan fingerprint density at radius 3 is 2.94 bits per heavy atom. The van der Waals surface area contributed by atoms with Gasteiger partial charge in [-0.1, -0.05) is 13.8 Å². The molecule has 0 radical (unpaired) electrons. The molecule has 96 valence electrons. The van der Waals surface area contributed by atoms with Crippen LogP contribution in [0.25, 0.3) is 0 Å². The fraction of sp³-hybridized carbons (Fsp3) is 0.583. The summed E-state index contributed by atoms with van der Waals surface area (Å²) in [6.07, 6.45) is 2.72. The number of nitrogens with two attached hydrogens (primary N) is 1. The van der Waals surface area contributed by atoms with E-state index in [0.29, 0.717) is 17.9 Å². The number of carbonyl (C=O) groups excluding carboxylic acids is 1. The Bertz CT molecular complexity index is 374. The van der Waals surface area contributed by atoms with Crippen LogP contribution < -0.4 is 11.1 Å². The maximum atomic E-state index is 11.9. The second-order valence-corrected chi connectivity index (χ2v) is 4.35. The number of nitrogens with one attached hydrogen (secondary N) is 1. The van der Waals surface area contributed by atoms with Crippen molar-refractivity contribution in [3.05, 3.63) is 18.0 Å². The molecule has 1 amide bonds. The van der Waals surface area contributed by atoms with E-state index in [-0.39, 0.29) is 18.4 Å². The molecule has 1 atom stereocenters. The number of rotatable bonds is 6. The van der Waals surface area contributed by atoms with Crippen LogP contribution in [0.1, 0.15) is 30.8 Å². The molecule has 0 bridgehead atoms. The van der Waals surface area contributed by atoms with E-state index in [9.17, 15) is 4.79 Å². The van der Waals surface area contributed by atoms with Crippen LogP contribution in [0.2, 0.25) is 0 Å². The van der Waals surface area contributed by atoms with Gasteiger partial charge in [-0.2, -0.15) is 0 Å². The molecule has 0 aliphatic heterocycles. The lowest BCUT2D eigenvalue weighted by Crippen LogP contribution is -2.31. The Hall–Kier alpha value is -1.49. The minimum Gasteiger partial charge on any atom is -0.397 e. The zero-order chi connectivity index (χ0) is 12.8. The second kappa shape index (κ2) is 6.30. The summed E-state index contributed by atoms with van der Waals surface area (Å²) in [6.45, 7) is 5.23. The predicted molar refractivity (Wildman–Crippen MR) is 67.7 cm³/mol. The third kappa shape index (κ3) is 3.78. The van der Waals surface area contributed by atoms with Gasteiger partial charge in [-0.15, -0.1) is 0 Å². The third-order valence-electron chi connectivity index (χ3n) is 2.54. The maximum Gasteiger partial charge on any atom is 0.267 e. The molecule has 0 saturated carbocycles. The molecule has 5 heteroatoms. The van der Waals surface area contributed by atoms with E-state index >= 15 is 0 Å². The molecular formula is C12H21N3O2. The average molecular weight is 239 g/mol. The monoisotopic (exact) mass is 239 g/mol. The highest BCUT2D eigenvalue weighted by atomic mass is 16.3. The van der Waals surface area contributed by atoms with Gasteiger partial charge in [0.2, 0.25) is 0 Å². The van der Waals surface area contributed by atoms with E-state index in [4.69, 9.17) is 10.8 Å². The fourth-order valence-electron chi connectivity index (χ4n) is 1.57. The number of aliphatic hydroxyl groups is 1. The van der Waals surface area contributed by atoms with Crippen LogP contribution in [0.3, 0.4) is 0 Å². The van der Waals surface area contributed by atoms with Crippen LogP contribution in [-0.4, -0.2) is 28.7 Å². The van der Waals surface area contributed by atoms with E-state index in [2.05, 4.69) is 5.32 Å². The van der Waals surface area contributed by atoms with Gasteiger partial charge in [0.05, 0.1) is 5.69 Å². The number of hydrogen-bond acceptors (Lipinski definition) is 3. The molecule has 1 unspecified atom stereocenters. The molecule has 1 aromatic rings. The summed E-state index contributed by atoms with van der Waals surface area (Å²) in [5, 5.41) is 11.7. The Morgan fingerprint density at radius 2 is 2.35 bits per heavy atom. The van der Waals surface area contributed by atoms with Gasteiger partial charge in [0.15, 0.2) is 0 Å². The number of aromatic nitrogens is 1. The van der Waals surface area contributed by atoms with Gasteiger partial charge < -0.3 is 20.7 Å². The highest BCUT2D eigenvalue weighted by Crippen LogP contribution is 2.11. The molecule has 1 heterocycles. The van der Waals surface area contributed by atoms with Crippen molar-refractivity contribution in [2.75, 3.05) is 18.9 Å². The van der Waals surface area contributed by atoms with Gasteiger partial charge in [-0.05, 0) is 18.4 Å². The summed E-state index contributed by atoms with van der Waals surface area (Å²) in [7, 11) is 0. The molecular weight excluding hydrogens is 218 g/mol. The summed E-state index contributed by atoms with van der Waals surface area (Å²) >= 11 is 0. The first-order valence-corrected chi connectivity index (χ1v) is 5.93. The Kier molecular flexibility index (Phi) is 5.03. The Morgan fingerprint density at radius 1 is 1.65 bits per heavy atom. The lowest BCUT2D eigenvalue weighted by Gasteiger charge is -2.11. The van der Waals surface area contributed by atoms with E-state index in [1.807, 2.05) is 18.4 Å². The van der Waals surface area contributed by atoms with E-state index < -0.39 is 0 Å². The van der Waals surface area contributed by atoms with Gasteiger partial charge >= 0.3 is 0 Å². The molecule has 0 spiro atoms. The number of anilines is 1. The first-order chi connectivity index (χ1) is 8.08. The highest BCUT2D eigenvalue weighted by Gasteiger charge is 2.12. The van der Waals surface area contributed by atoms with E-state index in [0.717, 1.165) is 13.0 Å². The number of aliphatic hydroxyl groups excluding tert-OH is 1. The molecule has 1 rings (SSSR count). The fourth-order valence-corrected chi connectivity index (χ4v) is 1.57. The van der Waals surface area contributed by atoms with Crippen molar-refractivity contribution in [3.8, 4) is 0 Å². The molecule has 17 heavy (non-hydrogen) atoms.